The second-order valence-corrected chi connectivity index (χ2v) is 7.11. The molecule has 1 aromatic carbocycles. The molecule has 1 saturated heterocycles. The van der Waals surface area contributed by atoms with Crippen LogP contribution in [0.3, 0.4) is 0 Å². The van der Waals surface area contributed by atoms with Crippen LogP contribution in [-0.4, -0.2) is 54.1 Å². The van der Waals surface area contributed by atoms with E-state index in [0.717, 1.165) is 59.1 Å². The minimum atomic E-state index is 0.131. The molecular formula is C19H20N4O2S. The lowest BCUT2D eigenvalue weighted by Gasteiger charge is -2.35. The summed E-state index contributed by atoms with van der Waals surface area (Å²) < 4.78 is 5.26. The Balaban J connectivity index is 1.72. The van der Waals surface area contributed by atoms with E-state index in [2.05, 4.69) is 32.4 Å². The molecule has 0 spiro atoms. The van der Waals surface area contributed by atoms with Crippen molar-refractivity contribution < 1.29 is 9.53 Å². The Bertz CT molecular complexity index is 930. The second-order valence-electron chi connectivity index (χ2n) is 6.25. The first-order chi connectivity index (χ1) is 12.7. The first-order valence-electron chi connectivity index (χ1n) is 8.54. The number of amides is 1. The fraction of sp³-hybridized carbons (Fsp3) is 0.316. The average Bonchev–Trinajstić information content (AvgIpc) is 3.12. The molecule has 1 aliphatic heterocycles. The molecule has 0 atom stereocenters. The molecule has 0 aliphatic carbocycles. The van der Waals surface area contributed by atoms with Crippen LogP contribution in [0.15, 0.2) is 36.0 Å². The molecule has 1 aliphatic rings. The van der Waals surface area contributed by atoms with Gasteiger partial charge in [0.1, 0.15) is 22.7 Å². The van der Waals surface area contributed by atoms with Crippen molar-refractivity contribution in [3.05, 3.63) is 36.0 Å². The topological polar surface area (TPSA) is 58.6 Å². The maximum atomic E-state index is 11.6. The van der Waals surface area contributed by atoms with Crippen LogP contribution < -0.4 is 9.64 Å². The fourth-order valence-electron chi connectivity index (χ4n) is 3.32. The van der Waals surface area contributed by atoms with Crippen LogP contribution in [0.4, 0.5) is 5.82 Å². The zero-order valence-electron chi connectivity index (χ0n) is 14.8. The minimum absolute atomic E-state index is 0.131. The largest absolute Gasteiger partial charge is 0.497 e. The van der Waals surface area contributed by atoms with Crippen LogP contribution in [0, 0.1) is 0 Å². The molecule has 3 heterocycles. The number of ether oxygens (including phenoxy) is 1. The van der Waals surface area contributed by atoms with Gasteiger partial charge in [-0.3, -0.25) is 4.79 Å². The summed E-state index contributed by atoms with van der Waals surface area (Å²) in [5.74, 6) is 1.92. The number of aromatic nitrogens is 2. The van der Waals surface area contributed by atoms with Gasteiger partial charge < -0.3 is 14.5 Å². The molecule has 1 fully saturated rings. The molecule has 26 heavy (non-hydrogen) atoms. The Morgan fingerprint density at radius 3 is 2.50 bits per heavy atom. The molecule has 0 saturated carbocycles. The number of rotatable bonds is 3. The van der Waals surface area contributed by atoms with E-state index >= 15 is 0 Å². The Morgan fingerprint density at radius 1 is 1.12 bits per heavy atom. The van der Waals surface area contributed by atoms with Gasteiger partial charge in [-0.05, 0) is 17.7 Å². The van der Waals surface area contributed by atoms with E-state index in [1.807, 2.05) is 17.0 Å². The van der Waals surface area contributed by atoms with E-state index < -0.39 is 0 Å². The monoisotopic (exact) mass is 368 g/mol. The molecule has 0 unspecified atom stereocenters. The van der Waals surface area contributed by atoms with Gasteiger partial charge in [0.05, 0.1) is 12.5 Å². The number of nitrogens with zero attached hydrogens (tertiary/aromatic N) is 4. The number of hydrogen-bond donors (Lipinski definition) is 0. The van der Waals surface area contributed by atoms with E-state index in [9.17, 15) is 4.79 Å². The highest BCUT2D eigenvalue weighted by molar-refractivity contribution is 7.17. The van der Waals surface area contributed by atoms with Crippen LogP contribution in [-0.2, 0) is 4.79 Å². The third kappa shape index (κ3) is 2.99. The lowest BCUT2D eigenvalue weighted by Crippen LogP contribution is -2.48. The standard InChI is InChI=1S/C19H20N4O2S/c1-13(24)22-7-9-23(10-8-22)18-17-16(11-26-19(17)21-12-20-18)14-3-5-15(25-2)6-4-14/h3-6,11-12H,7-10H2,1-2H3. The SMILES string of the molecule is COc1ccc(-c2csc3ncnc(N4CCN(C(C)=O)CC4)c23)cc1. The van der Waals surface area contributed by atoms with Crippen LogP contribution in [0.5, 0.6) is 5.75 Å². The summed E-state index contributed by atoms with van der Waals surface area (Å²) in [7, 11) is 1.67. The highest BCUT2D eigenvalue weighted by Gasteiger charge is 2.23. The van der Waals surface area contributed by atoms with Crippen LogP contribution in [0.2, 0.25) is 0 Å². The van der Waals surface area contributed by atoms with Gasteiger partial charge in [-0.2, -0.15) is 0 Å². The molecule has 3 aromatic rings. The second kappa shape index (κ2) is 6.92. The van der Waals surface area contributed by atoms with Crippen molar-refractivity contribution in [1.29, 1.82) is 0 Å². The average molecular weight is 368 g/mol. The lowest BCUT2D eigenvalue weighted by atomic mass is 10.1. The summed E-state index contributed by atoms with van der Waals surface area (Å²) in [5, 5.41) is 3.22. The Hall–Kier alpha value is -2.67. The number of benzene rings is 1. The normalized spacial score (nSPS) is 14.7. The van der Waals surface area contributed by atoms with Crippen LogP contribution in [0.1, 0.15) is 6.92 Å². The Kier molecular flexibility index (Phi) is 4.46. The molecule has 6 nitrogen and oxygen atoms in total. The van der Waals surface area contributed by atoms with E-state index in [-0.39, 0.29) is 5.91 Å². The van der Waals surface area contributed by atoms with Crippen molar-refractivity contribution >= 4 is 33.3 Å². The smallest absolute Gasteiger partial charge is 0.219 e. The maximum Gasteiger partial charge on any atom is 0.219 e. The molecule has 0 bridgehead atoms. The van der Waals surface area contributed by atoms with E-state index in [1.54, 1.807) is 31.7 Å². The molecular weight excluding hydrogens is 348 g/mol. The molecule has 1 amide bonds. The molecule has 0 N–H and O–H groups in total. The first kappa shape index (κ1) is 16.8. The van der Waals surface area contributed by atoms with E-state index in [4.69, 9.17) is 4.74 Å². The van der Waals surface area contributed by atoms with Crippen molar-refractivity contribution in [1.82, 2.24) is 14.9 Å². The minimum Gasteiger partial charge on any atom is -0.497 e. The zero-order chi connectivity index (χ0) is 18.1. The molecule has 2 aromatic heterocycles. The summed E-state index contributed by atoms with van der Waals surface area (Å²) in [6.45, 7) is 4.64. The number of methoxy groups -OCH3 is 1. The summed E-state index contributed by atoms with van der Waals surface area (Å²) in [4.78, 5) is 25.7. The maximum absolute atomic E-state index is 11.6. The Labute approximate surface area is 156 Å². The predicted octanol–water partition coefficient (Wildman–Crippen LogP) is 3.04. The van der Waals surface area contributed by atoms with E-state index in [1.165, 1.54) is 0 Å². The summed E-state index contributed by atoms with van der Waals surface area (Å²) >= 11 is 1.63. The van der Waals surface area contributed by atoms with Gasteiger partial charge in [0.15, 0.2) is 0 Å². The van der Waals surface area contributed by atoms with E-state index in [0.29, 0.717) is 0 Å². The van der Waals surface area contributed by atoms with Gasteiger partial charge in [-0.15, -0.1) is 11.3 Å². The summed E-state index contributed by atoms with van der Waals surface area (Å²) in [5.41, 5.74) is 2.26. The van der Waals surface area contributed by atoms with Crippen LogP contribution >= 0.6 is 11.3 Å². The number of fused-ring (bicyclic) bond motifs is 1. The molecule has 4 rings (SSSR count). The van der Waals surface area contributed by atoms with Crippen molar-refractivity contribution in [3.8, 4) is 16.9 Å². The number of piperazine rings is 1. The molecule has 0 radical (unpaired) electrons. The first-order valence-corrected chi connectivity index (χ1v) is 9.42. The van der Waals surface area contributed by atoms with Gasteiger partial charge in [0.2, 0.25) is 5.91 Å². The number of thiophene rings is 1. The third-order valence-electron chi connectivity index (χ3n) is 4.78. The van der Waals surface area contributed by atoms with Crippen molar-refractivity contribution in [3.63, 3.8) is 0 Å². The Morgan fingerprint density at radius 2 is 1.85 bits per heavy atom. The van der Waals surface area contributed by atoms with Crippen molar-refractivity contribution in [2.24, 2.45) is 0 Å². The van der Waals surface area contributed by atoms with Crippen molar-refractivity contribution in [2.75, 3.05) is 38.2 Å². The predicted molar refractivity (Wildman–Crippen MR) is 104 cm³/mol. The fourth-order valence-corrected chi connectivity index (χ4v) is 4.23. The number of carbonyl (C=O) groups is 1. The number of carbonyl (C=O) groups excluding carboxylic acids is 1. The quantitative estimate of drug-likeness (QED) is 0.711. The number of hydrogen-bond acceptors (Lipinski definition) is 6. The van der Waals surface area contributed by atoms with Crippen molar-refractivity contribution in [2.45, 2.75) is 6.92 Å². The number of anilines is 1. The molecule has 7 heteroatoms. The highest BCUT2D eigenvalue weighted by Crippen LogP contribution is 2.38. The van der Waals surface area contributed by atoms with Gasteiger partial charge in [0.25, 0.3) is 0 Å². The summed E-state index contributed by atoms with van der Waals surface area (Å²) in [6, 6.07) is 8.05. The van der Waals surface area contributed by atoms with Gasteiger partial charge in [-0.1, -0.05) is 12.1 Å². The van der Waals surface area contributed by atoms with Crippen LogP contribution in [0.25, 0.3) is 21.3 Å². The summed E-state index contributed by atoms with van der Waals surface area (Å²) in [6.07, 6.45) is 1.63. The van der Waals surface area contributed by atoms with Gasteiger partial charge >= 0.3 is 0 Å². The van der Waals surface area contributed by atoms with Gasteiger partial charge in [-0.25, -0.2) is 9.97 Å². The zero-order valence-corrected chi connectivity index (χ0v) is 15.6. The molecule has 134 valence electrons. The lowest BCUT2D eigenvalue weighted by molar-refractivity contribution is -0.129. The highest BCUT2D eigenvalue weighted by atomic mass is 32.1. The third-order valence-corrected chi connectivity index (χ3v) is 5.66. The van der Waals surface area contributed by atoms with Gasteiger partial charge in [0, 0.05) is 44.0 Å².